The highest BCUT2D eigenvalue weighted by Gasteiger charge is 2.33. The number of carbonyl (C=O) groups excluding carboxylic acids is 1. The summed E-state index contributed by atoms with van der Waals surface area (Å²) in [6.07, 6.45) is 3.89. The smallest absolute Gasteiger partial charge is 0.244 e. The van der Waals surface area contributed by atoms with Crippen LogP contribution in [0.4, 0.5) is 0 Å². The Labute approximate surface area is 177 Å². The molecule has 1 aromatic carbocycles. The van der Waals surface area contributed by atoms with Crippen LogP contribution in [-0.2, 0) is 14.8 Å². The molecule has 0 aliphatic carbocycles. The number of benzene rings is 1. The lowest BCUT2D eigenvalue weighted by molar-refractivity contribution is -0.135. The van der Waals surface area contributed by atoms with Crippen LogP contribution in [-0.4, -0.2) is 68.9 Å². The molecule has 1 fully saturated rings. The third-order valence-corrected chi connectivity index (χ3v) is 7.09. The van der Waals surface area contributed by atoms with Crippen LogP contribution in [0.1, 0.15) is 12.8 Å². The van der Waals surface area contributed by atoms with Gasteiger partial charge in [0.1, 0.15) is 23.0 Å². The molecule has 8 nitrogen and oxygen atoms in total. The van der Waals surface area contributed by atoms with Gasteiger partial charge in [-0.05, 0) is 49.2 Å². The number of hydrogen-bond acceptors (Lipinski definition) is 6. The molecule has 9 heteroatoms. The predicted molar refractivity (Wildman–Crippen MR) is 112 cm³/mol. The highest BCUT2D eigenvalue weighted by atomic mass is 32.2. The second-order valence-electron chi connectivity index (χ2n) is 7.15. The molecular weight excluding hydrogens is 406 g/mol. The maximum Gasteiger partial charge on any atom is 0.244 e. The summed E-state index contributed by atoms with van der Waals surface area (Å²) in [5.74, 6) is 1.31. The van der Waals surface area contributed by atoms with Crippen molar-refractivity contribution in [2.75, 3.05) is 40.4 Å². The highest BCUT2D eigenvalue weighted by molar-refractivity contribution is 7.89. The van der Waals surface area contributed by atoms with E-state index < -0.39 is 10.0 Å². The predicted octanol–water partition coefficient (Wildman–Crippen LogP) is 2.03. The SMILES string of the molecule is COc1ccc(OCCN(C)C(=O)C2CCN(S(=O)(=O)c3cccnc3)CC2)cc1. The zero-order valence-electron chi connectivity index (χ0n) is 17.2. The van der Waals surface area contributed by atoms with E-state index >= 15 is 0 Å². The summed E-state index contributed by atoms with van der Waals surface area (Å²) >= 11 is 0. The van der Waals surface area contributed by atoms with E-state index in [-0.39, 0.29) is 16.7 Å². The minimum Gasteiger partial charge on any atom is -0.497 e. The number of carbonyl (C=O) groups is 1. The van der Waals surface area contributed by atoms with Gasteiger partial charge >= 0.3 is 0 Å². The fraction of sp³-hybridized carbons (Fsp3) is 0.429. The fourth-order valence-electron chi connectivity index (χ4n) is 3.39. The number of nitrogens with zero attached hydrogens (tertiary/aromatic N) is 3. The van der Waals surface area contributed by atoms with Gasteiger partial charge < -0.3 is 14.4 Å². The van der Waals surface area contributed by atoms with E-state index in [4.69, 9.17) is 9.47 Å². The monoisotopic (exact) mass is 433 g/mol. The summed E-state index contributed by atoms with van der Waals surface area (Å²) in [5, 5.41) is 0. The summed E-state index contributed by atoms with van der Waals surface area (Å²) in [6.45, 7) is 1.48. The van der Waals surface area contributed by atoms with Crippen molar-refractivity contribution in [2.24, 2.45) is 5.92 Å². The Morgan fingerprint density at radius 3 is 2.43 bits per heavy atom. The lowest BCUT2D eigenvalue weighted by atomic mass is 9.97. The average Bonchev–Trinajstić information content (AvgIpc) is 2.79. The molecular formula is C21H27N3O5S. The molecule has 2 heterocycles. The van der Waals surface area contributed by atoms with Gasteiger partial charge in [0.15, 0.2) is 0 Å². The molecule has 1 aliphatic heterocycles. The first-order valence-electron chi connectivity index (χ1n) is 9.84. The molecule has 0 spiro atoms. The number of rotatable bonds is 8. The number of amides is 1. The summed E-state index contributed by atoms with van der Waals surface area (Å²) in [7, 11) is -0.209. The molecule has 2 aromatic rings. The molecule has 162 valence electrons. The number of sulfonamides is 1. The molecule has 0 N–H and O–H groups in total. The van der Waals surface area contributed by atoms with E-state index in [1.807, 2.05) is 24.3 Å². The van der Waals surface area contributed by atoms with Crippen molar-refractivity contribution < 1.29 is 22.7 Å². The van der Waals surface area contributed by atoms with Gasteiger partial charge in [0.05, 0.1) is 13.7 Å². The minimum atomic E-state index is -3.56. The third-order valence-electron chi connectivity index (χ3n) is 5.21. The molecule has 0 radical (unpaired) electrons. The first kappa shape index (κ1) is 22.0. The van der Waals surface area contributed by atoms with Gasteiger partial charge in [0.25, 0.3) is 0 Å². The molecule has 1 aliphatic rings. The van der Waals surface area contributed by atoms with E-state index in [9.17, 15) is 13.2 Å². The molecule has 0 atom stereocenters. The Bertz CT molecular complexity index is 927. The van der Waals surface area contributed by atoms with Crippen LogP contribution in [0.25, 0.3) is 0 Å². The number of aromatic nitrogens is 1. The van der Waals surface area contributed by atoms with Crippen molar-refractivity contribution >= 4 is 15.9 Å². The first-order chi connectivity index (χ1) is 14.4. The molecule has 0 saturated carbocycles. The van der Waals surface area contributed by atoms with Gasteiger partial charge in [-0.15, -0.1) is 0 Å². The number of piperidine rings is 1. The third kappa shape index (κ3) is 5.28. The Hall–Kier alpha value is -2.65. The zero-order chi connectivity index (χ0) is 21.6. The number of likely N-dealkylation sites (N-methyl/N-ethyl adjacent to an activating group) is 1. The summed E-state index contributed by atoms with van der Waals surface area (Å²) in [4.78, 5) is 18.4. The quantitative estimate of drug-likeness (QED) is 0.633. The van der Waals surface area contributed by atoms with Crippen molar-refractivity contribution in [3.8, 4) is 11.5 Å². The largest absolute Gasteiger partial charge is 0.497 e. The van der Waals surface area contributed by atoms with Gasteiger partial charge in [-0.1, -0.05) is 0 Å². The fourth-order valence-corrected chi connectivity index (χ4v) is 4.82. The van der Waals surface area contributed by atoms with E-state index in [0.29, 0.717) is 44.8 Å². The Kier molecular flexibility index (Phi) is 7.28. The number of pyridine rings is 1. The number of hydrogen-bond donors (Lipinski definition) is 0. The van der Waals surface area contributed by atoms with Crippen LogP contribution < -0.4 is 9.47 Å². The van der Waals surface area contributed by atoms with Crippen molar-refractivity contribution in [3.63, 3.8) is 0 Å². The maximum atomic E-state index is 12.7. The lowest BCUT2D eigenvalue weighted by Crippen LogP contribution is -2.44. The maximum absolute atomic E-state index is 12.7. The molecule has 1 saturated heterocycles. The van der Waals surface area contributed by atoms with Gasteiger partial charge in [-0.25, -0.2) is 8.42 Å². The van der Waals surface area contributed by atoms with Gasteiger partial charge in [0.2, 0.25) is 15.9 Å². The lowest BCUT2D eigenvalue weighted by Gasteiger charge is -2.32. The minimum absolute atomic E-state index is 0.0201. The van der Waals surface area contributed by atoms with Crippen LogP contribution in [0, 0.1) is 5.92 Å². The molecule has 3 rings (SSSR count). The van der Waals surface area contributed by atoms with Crippen molar-refractivity contribution in [1.29, 1.82) is 0 Å². The number of methoxy groups -OCH3 is 1. The molecule has 1 aromatic heterocycles. The van der Waals surface area contributed by atoms with E-state index in [0.717, 1.165) is 5.75 Å². The molecule has 30 heavy (non-hydrogen) atoms. The summed E-state index contributed by atoms with van der Waals surface area (Å²) in [6, 6.07) is 10.4. The van der Waals surface area contributed by atoms with Gasteiger partial charge in [-0.2, -0.15) is 4.31 Å². The first-order valence-corrected chi connectivity index (χ1v) is 11.3. The van der Waals surface area contributed by atoms with Crippen LogP contribution in [0.15, 0.2) is 53.7 Å². The van der Waals surface area contributed by atoms with Crippen LogP contribution in [0.2, 0.25) is 0 Å². The zero-order valence-corrected chi connectivity index (χ0v) is 18.0. The van der Waals surface area contributed by atoms with Gasteiger partial charge in [-0.3, -0.25) is 9.78 Å². The van der Waals surface area contributed by atoms with Gasteiger partial charge in [0, 0.05) is 38.4 Å². The normalized spacial score (nSPS) is 15.5. The van der Waals surface area contributed by atoms with Crippen LogP contribution in [0.3, 0.4) is 0 Å². The Morgan fingerprint density at radius 2 is 1.83 bits per heavy atom. The van der Waals surface area contributed by atoms with Crippen LogP contribution in [0.5, 0.6) is 11.5 Å². The molecule has 1 amide bonds. The number of ether oxygens (including phenoxy) is 2. The standard InChI is InChI=1S/C21H27N3O5S/c1-23(14-15-29-19-7-5-18(28-2)6-8-19)21(25)17-9-12-24(13-10-17)30(26,27)20-4-3-11-22-16-20/h3-8,11,16-17H,9-10,12-15H2,1-2H3. The topological polar surface area (TPSA) is 89.0 Å². The Balaban J connectivity index is 1.46. The van der Waals surface area contributed by atoms with Crippen molar-refractivity contribution in [2.45, 2.75) is 17.7 Å². The molecule has 0 unspecified atom stereocenters. The Morgan fingerprint density at radius 1 is 1.17 bits per heavy atom. The average molecular weight is 434 g/mol. The second kappa shape index (κ2) is 9.90. The molecule has 0 bridgehead atoms. The second-order valence-corrected chi connectivity index (χ2v) is 9.09. The summed E-state index contributed by atoms with van der Waals surface area (Å²) < 4.78 is 37.6. The van der Waals surface area contributed by atoms with E-state index in [1.54, 1.807) is 25.1 Å². The van der Waals surface area contributed by atoms with Crippen LogP contribution >= 0.6 is 0 Å². The summed E-state index contributed by atoms with van der Waals surface area (Å²) in [5.41, 5.74) is 0. The van der Waals surface area contributed by atoms with Crippen molar-refractivity contribution in [3.05, 3.63) is 48.8 Å². The highest BCUT2D eigenvalue weighted by Crippen LogP contribution is 2.24. The van der Waals surface area contributed by atoms with E-state index in [2.05, 4.69) is 4.98 Å². The van der Waals surface area contributed by atoms with Crippen molar-refractivity contribution in [1.82, 2.24) is 14.2 Å². The van der Waals surface area contributed by atoms with E-state index in [1.165, 1.54) is 22.8 Å².